The summed E-state index contributed by atoms with van der Waals surface area (Å²) in [5.41, 5.74) is 0. The fourth-order valence-electron chi connectivity index (χ4n) is 5.49. The van der Waals surface area contributed by atoms with Crippen LogP contribution in [0, 0.1) is 11.8 Å². The number of amides is 1. The van der Waals surface area contributed by atoms with E-state index >= 15 is 0 Å². The maximum absolute atomic E-state index is 12.1. The van der Waals surface area contributed by atoms with Gasteiger partial charge < -0.3 is 25.0 Å². The van der Waals surface area contributed by atoms with E-state index in [1.807, 2.05) is 13.8 Å². The van der Waals surface area contributed by atoms with Gasteiger partial charge in [-0.15, -0.1) is 0 Å². The molecule has 0 heterocycles. The zero-order chi connectivity index (χ0) is 36.4. The van der Waals surface area contributed by atoms with Gasteiger partial charge in [0.1, 0.15) is 0 Å². The Morgan fingerprint density at radius 2 is 0.875 bits per heavy atom. The highest BCUT2D eigenvalue weighted by Crippen LogP contribution is 2.15. The molecule has 0 saturated carbocycles. The van der Waals surface area contributed by atoms with Gasteiger partial charge in [0.2, 0.25) is 0 Å². The smallest absolute Gasteiger partial charge is 0.407 e. The lowest BCUT2D eigenvalue weighted by molar-refractivity contribution is 0.0413. The summed E-state index contributed by atoms with van der Waals surface area (Å²) in [6, 6.07) is 0. The number of aliphatic hydroxyl groups excluding tert-OH is 2. The highest BCUT2D eigenvalue weighted by molar-refractivity contribution is 5.67. The summed E-state index contributed by atoms with van der Waals surface area (Å²) in [6.45, 7) is 14.8. The molecule has 0 aliphatic carbocycles. The van der Waals surface area contributed by atoms with Crippen molar-refractivity contribution in [2.24, 2.45) is 11.8 Å². The molecule has 292 valence electrons. The molecule has 0 aliphatic rings. The molecule has 0 aromatic rings. The molecule has 1 amide bonds. The third-order valence-corrected chi connectivity index (χ3v) is 8.62. The van der Waals surface area contributed by atoms with Gasteiger partial charge in [-0.25, -0.2) is 4.79 Å². The molecule has 1 atom stereocenters. The molecule has 3 N–H and O–H groups in total. The van der Waals surface area contributed by atoms with Crippen LogP contribution in [0.15, 0.2) is 0 Å². The van der Waals surface area contributed by atoms with Crippen molar-refractivity contribution in [3.63, 3.8) is 0 Å². The number of carbonyl (C=O) groups is 1. The van der Waals surface area contributed by atoms with E-state index in [2.05, 4.69) is 33.0 Å². The van der Waals surface area contributed by atoms with E-state index in [0.29, 0.717) is 31.6 Å². The zero-order valence-corrected chi connectivity index (χ0v) is 33.8. The first-order valence-electron chi connectivity index (χ1n) is 20.9. The fourth-order valence-corrected chi connectivity index (χ4v) is 5.49. The second-order valence-corrected chi connectivity index (χ2v) is 14.7. The third kappa shape index (κ3) is 49.5. The van der Waals surface area contributed by atoms with Crippen LogP contribution in [0.2, 0.25) is 0 Å². The van der Waals surface area contributed by atoms with E-state index in [0.717, 1.165) is 26.6 Å². The topological polar surface area (TPSA) is 88.0 Å². The van der Waals surface area contributed by atoms with Gasteiger partial charge in [-0.1, -0.05) is 202 Å². The van der Waals surface area contributed by atoms with Gasteiger partial charge in [-0.05, 0) is 24.7 Å². The monoisotopic (exact) mass is 688 g/mol. The van der Waals surface area contributed by atoms with Gasteiger partial charge in [-0.3, -0.25) is 0 Å². The average Bonchev–Trinajstić information content (AvgIpc) is 3.09. The van der Waals surface area contributed by atoms with Crippen LogP contribution >= 0.6 is 0 Å². The highest BCUT2D eigenvalue weighted by Gasteiger charge is 2.12. The van der Waals surface area contributed by atoms with Gasteiger partial charge in [0.25, 0.3) is 0 Å². The summed E-state index contributed by atoms with van der Waals surface area (Å²) >= 11 is 0. The predicted molar refractivity (Wildman–Crippen MR) is 210 cm³/mol. The van der Waals surface area contributed by atoms with Crippen molar-refractivity contribution in [3.8, 4) is 0 Å². The van der Waals surface area contributed by atoms with E-state index in [-0.39, 0.29) is 12.2 Å². The lowest BCUT2D eigenvalue weighted by Gasteiger charge is -2.19. The third-order valence-electron chi connectivity index (χ3n) is 8.62. The van der Waals surface area contributed by atoms with Gasteiger partial charge in [0, 0.05) is 26.9 Å². The molecule has 6 heteroatoms. The summed E-state index contributed by atoms with van der Waals surface area (Å²) < 4.78 is 11.6. The predicted octanol–water partition coefficient (Wildman–Crippen LogP) is 12.6. The van der Waals surface area contributed by atoms with E-state index in [4.69, 9.17) is 19.7 Å². The minimum Gasteiger partial charge on any atom is -0.449 e. The molecule has 0 saturated heterocycles. The number of carbonyl (C=O) groups excluding carboxylic acids is 1. The first kappa shape index (κ1) is 51.5. The van der Waals surface area contributed by atoms with Crippen molar-refractivity contribution in [1.82, 2.24) is 5.32 Å². The van der Waals surface area contributed by atoms with Gasteiger partial charge >= 0.3 is 6.09 Å². The standard InChI is InChI=1S/C37H75NO3.C4H10O.CH4O/c1-5-7-9-11-13-15-17-19-20-21-23-25-27-29-31-36(33-38-37(39)41-34-35(3)4)40-32-30-28-26-24-22-18-16-14-12-10-8-6-2;1-4(2)3-5;1-2/h35-36H,5-34H2,1-4H3,(H,38,39);4-5H,3H2,1-2H3;2H,1H3. The lowest BCUT2D eigenvalue weighted by atomic mass is 10.0. The second kappa shape index (κ2) is 46.1. The Morgan fingerprint density at radius 1 is 0.542 bits per heavy atom. The van der Waals surface area contributed by atoms with Gasteiger partial charge in [0.05, 0.1) is 12.7 Å². The Morgan fingerprint density at radius 3 is 1.21 bits per heavy atom. The Bertz CT molecular complexity index is 572. The molecule has 0 fully saturated rings. The summed E-state index contributed by atoms with van der Waals surface area (Å²) in [5.74, 6) is 0.796. The zero-order valence-electron chi connectivity index (χ0n) is 33.8. The SMILES string of the molecule is CC(C)CO.CCCCCCCCCCCCCCCCC(CNC(=O)OCC(C)C)OCCCCCCCCCCCCCC.CO. The Labute approximate surface area is 301 Å². The van der Waals surface area contributed by atoms with Crippen LogP contribution in [0.3, 0.4) is 0 Å². The molecular weight excluding hydrogens is 598 g/mol. The largest absolute Gasteiger partial charge is 0.449 e. The molecule has 1 unspecified atom stereocenters. The van der Waals surface area contributed by atoms with Crippen molar-refractivity contribution >= 4 is 6.09 Å². The van der Waals surface area contributed by atoms with Gasteiger partial charge in [0.15, 0.2) is 0 Å². The van der Waals surface area contributed by atoms with Crippen LogP contribution in [0.25, 0.3) is 0 Å². The molecular formula is C42H89NO5. The van der Waals surface area contributed by atoms with Crippen LogP contribution < -0.4 is 5.32 Å². The van der Waals surface area contributed by atoms with Crippen molar-refractivity contribution in [2.75, 3.05) is 33.5 Å². The van der Waals surface area contributed by atoms with E-state index in [1.54, 1.807) is 0 Å². The molecule has 6 nitrogen and oxygen atoms in total. The maximum atomic E-state index is 12.1. The Kier molecular flexibility index (Phi) is 49.5. The maximum Gasteiger partial charge on any atom is 0.407 e. The molecule has 0 rings (SSSR count). The first-order valence-corrected chi connectivity index (χ1v) is 20.9. The van der Waals surface area contributed by atoms with Crippen molar-refractivity contribution in [2.45, 2.75) is 221 Å². The average molecular weight is 688 g/mol. The quantitative estimate of drug-likeness (QED) is 0.0586. The van der Waals surface area contributed by atoms with Crippen molar-refractivity contribution in [3.05, 3.63) is 0 Å². The second-order valence-electron chi connectivity index (χ2n) is 14.7. The van der Waals surface area contributed by atoms with Gasteiger partial charge in [-0.2, -0.15) is 0 Å². The molecule has 0 aromatic heterocycles. The van der Waals surface area contributed by atoms with E-state index in [9.17, 15) is 4.79 Å². The lowest BCUT2D eigenvalue weighted by Crippen LogP contribution is -2.34. The first-order chi connectivity index (χ1) is 23.4. The summed E-state index contributed by atoms with van der Waals surface area (Å²) in [5, 5.41) is 18.1. The number of ether oxygens (including phenoxy) is 2. The van der Waals surface area contributed by atoms with Crippen LogP contribution in [0.4, 0.5) is 4.79 Å². The number of aliphatic hydroxyl groups is 2. The molecule has 0 aromatic carbocycles. The summed E-state index contributed by atoms with van der Waals surface area (Å²) in [7, 11) is 1.00. The Hall–Kier alpha value is -0.850. The number of alkyl carbamates (subject to hydrolysis) is 1. The number of unbranched alkanes of at least 4 members (excludes halogenated alkanes) is 24. The minimum absolute atomic E-state index is 0.103. The Balaban J connectivity index is -0.00000262. The van der Waals surface area contributed by atoms with Crippen LogP contribution in [-0.4, -0.2) is 55.9 Å². The number of hydrogen-bond donors (Lipinski definition) is 3. The van der Waals surface area contributed by atoms with Crippen molar-refractivity contribution in [1.29, 1.82) is 0 Å². The number of nitrogens with one attached hydrogen (secondary N) is 1. The highest BCUT2D eigenvalue weighted by atomic mass is 16.5. The van der Waals surface area contributed by atoms with E-state index in [1.165, 1.54) is 161 Å². The van der Waals surface area contributed by atoms with Crippen molar-refractivity contribution < 1.29 is 24.5 Å². The molecule has 48 heavy (non-hydrogen) atoms. The molecule has 0 aliphatic heterocycles. The summed E-state index contributed by atoms with van der Waals surface area (Å²) in [4.78, 5) is 12.1. The molecule has 0 radical (unpaired) electrons. The van der Waals surface area contributed by atoms with E-state index < -0.39 is 0 Å². The normalized spacial score (nSPS) is 11.6. The number of rotatable bonds is 34. The molecule has 0 spiro atoms. The van der Waals surface area contributed by atoms with Crippen LogP contribution in [0.5, 0.6) is 0 Å². The minimum atomic E-state index is -0.307. The number of hydrogen-bond acceptors (Lipinski definition) is 5. The van der Waals surface area contributed by atoms with Crippen LogP contribution in [-0.2, 0) is 9.47 Å². The van der Waals surface area contributed by atoms with Crippen LogP contribution in [0.1, 0.15) is 215 Å². The summed E-state index contributed by atoms with van der Waals surface area (Å²) in [6.07, 6.45) is 36.4. The molecule has 0 bridgehead atoms. The fraction of sp³-hybridized carbons (Fsp3) is 0.976.